The Kier molecular flexibility index (Phi) is 7.40. The molecule has 1 fully saturated rings. The van der Waals surface area contributed by atoms with E-state index in [2.05, 4.69) is 24.3 Å². The molecule has 0 bridgehead atoms. The molecule has 0 spiro atoms. The van der Waals surface area contributed by atoms with Gasteiger partial charge >= 0.3 is 37.9 Å². The standard InChI is InChI=1S/C24H30.2ClH.Zr/c1-3-9-19-17(7-1)13-15-23(19)21-11-5-6-12-22(21)24-16-14-18-8-2-4-10-20(18)24;;;/h13-16,21-22H,1-12H2;2*1H;/q-2;;;+4/p-2. The minimum Gasteiger partial charge on any atom is -0.210 e. The molecule has 0 heterocycles. The van der Waals surface area contributed by atoms with Crippen LogP contribution in [0.1, 0.15) is 96.6 Å². The quantitative estimate of drug-likeness (QED) is 0.386. The Hall–Kier alpha value is 0.163. The van der Waals surface area contributed by atoms with Crippen molar-refractivity contribution in [2.24, 2.45) is 0 Å². The Morgan fingerprint density at radius 2 is 1.07 bits per heavy atom. The predicted molar refractivity (Wildman–Crippen MR) is 113 cm³/mol. The average Bonchev–Trinajstić information content (AvgIpc) is 3.33. The molecule has 3 heteroatoms. The van der Waals surface area contributed by atoms with Crippen LogP contribution in [0, 0.1) is 0 Å². The summed E-state index contributed by atoms with van der Waals surface area (Å²) in [6, 6.07) is 9.98. The van der Waals surface area contributed by atoms with Gasteiger partial charge in [-0.2, -0.15) is 45.5 Å². The minimum atomic E-state index is -0.826. The van der Waals surface area contributed by atoms with E-state index in [1.165, 1.54) is 77.0 Å². The first-order valence-corrected chi connectivity index (χ1v) is 17.2. The summed E-state index contributed by atoms with van der Waals surface area (Å²) in [5.41, 5.74) is 10.4. The van der Waals surface area contributed by atoms with Crippen molar-refractivity contribution in [3.63, 3.8) is 0 Å². The van der Waals surface area contributed by atoms with Gasteiger partial charge in [-0.05, 0) is 0 Å². The summed E-state index contributed by atoms with van der Waals surface area (Å²) in [5, 5.41) is 0. The van der Waals surface area contributed by atoms with Crippen molar-refractivity contribution in [2.75, 3.05) is 0 Å². The van der Waals surface area contributed by atoms with E-state index in [9.17, 15) is 0 Å². The predicted octanol–water partition coefficient (Wildman–Crippen LogP) is 7.70. The molecule has 0 amide bonds. The zero-order valence-electron chi connectivity index (χ0n) is 16.2. The second-order valence-corrected chi connectivity index (χ2v) is 12.3. The Bertz CT molecular complexity index is 679. The third kappa shape index (κ3) is 4.36. The van der Waals surface area contributed by atoms with Gasteiger partial charge in [0, 0.05) is 0 Å². The van der Waals surface area contributed by atoms with Crippen LogP contribution in [0.15, 0.2) is 24.3 Å². The van der Waals surface area contributed by atoms with E-state index in [1.807, 2.05) is 0 Å². The molecule has 3 aliphatic rings. The molecule has 0 N–H and O–H groups in total. The van der Waals surface area contributed by atoms with Crippen molar-refractivity contribution in [1.29, 1.82) is 0 Å². The normalized spacial score (nSPS) is 24.2. The first kappa shape index (κ1) is 20.4. The number of aryl methyl sites for hydroxylation is 2. The molecule has 0 aliphatic heterocycles. The van der Waals surface area contributed by atoms with Crippen LogP contribution in [0.5, 0.6) is 0 Å². The Morgan fingerprint density at radius 3 is 1.52 bits per heavy atom. The van der Waals surface area contributed by atoms with Gasteiger partial charge in [-0.25, -0.2) is 12.1 Å². The molecule has 2 aromatic carbocycles. The van der Waals surface area contributed by atoms with Crippen LogP contribution in [0.3, 0.4) is 0 Å². The number of fused-ring (bicyclic) bond motifs is 2. The zero-order valence-corrected chi connectivity index (χ0v) is 20.2. The van der Waals surface area contributed by atoms with Crippen molar-refractivity contribution >= 4 is 17.0 Å². The fourth-order valence-electron chi connectivity index (χ4n) is 6.04. The first-order chi connectivity index (χ1) is 13.3. The van der Waals surface area contributed by atoms with Crippen LogP contribution < -0.4 is 0 Å². The summed E-state index contributed by atoms with van der Waals surface area (Å²) in [6.45, 7) is 0. The minimum absolute atomic E-state index is 0.800. The van der Waals surface area contributed by atoms with Crippen molar-refractivity contribution in [2.45, 2.75) is 88.9 Å². The third-order valence-electron chi connectivity index (χ3n) is 7.21. The smallest absolute Gasteiger partial charge is 0.0509 e. The van der Waals surface area contributed by atoms with Crippen molar-refractivity contribution < 1.29 is 20.8 Å². The average molecular weight is 481 g/mol. The van der Waals surface area contributed by atoms with Crippen LogP contribution in [0.4, 0.5) is 0 Å². The van der Waals surface area contributed by atoms with Crippen molar-refractivity contribution in [1.82, 2.24) is 0 Å². The van der Waals surface area contributed by atoms with Crippen molar-refractivity contribution in [3.05, 3.63) is 57.6 Å². The maximum atomic E-state index is 4.93. The number of hydrogen-bond acceptors (Lipinski definition) is 0. The first-order valence-electron chi connectivity index (χ1n) is 10.8. The molecule has 0 aromatic heterocycles. The molecule has 2 aromatic rings. The molecule has 144 valence electrons. The Balaban J connectivity index is 0.000000565. The zero-order chi connectivity index (χ0) is 18.6. The molecule has 0 nitrogen and oxygen atoms in total. The van der Waals surface area contributed by atoms with E-state index in [4.69, 9.17) is 17.0 Å². The van der Waals surface area contributed by atoms with Gasteiger partial charge in [0.2, 0.25) is 0 Å². The molecular formula is C24H30Cl2Zr. The summed E-state index contributed by atoms with van der Waals surface area (Å²) in [6.07, 6.45) is 16.7. The summed E-state index contributed by atoms with van der Waals surface area (Å²) >= 11 is -0.826. The van der Waals surface area contributed by atoms with Gasteiger partial charge < -0.3 is 0 Å². The van der Waals surface area contributed by atoms with Crippen LogP contribution in [-0.4, -0.2) is 0 Å². The van der Waals surface area contributed by atoms with Crippen LogP contribution in [0.2, 0.25) is 0 Å². The number of halogens is 2. The summed E-state index contributed by atoms with van der Waals surface area (Å²) < 4.78 is 0. The number of rotatable bonds is 2. The molecule has 2 atom stereocenters. The van der Waals surface area contributed by atoms with Gasteiger partial charge in [0.05, 0.1) is 0 Å². The van der Waals surface area contributed by atoms with Gasteiger partial charge in [-0.1, -0.05) is 88.9 Å². The monoisotopic (exact) mass is 478 g/mol. The molecule has 3 aliphatic carbocycles. The Morgan fingerprint density at radius 1 is 0.667 bits per heavy atom. The van der Waals surface area contributed by atoms with Gasteiger partial charge in [-0.3, -0.25) is 0 Å². The molecule has 2 unspecified atom stereocenters. The molecule has 0 saturated heterocycles. The largest absolute Gasteiger partial charge is 0.210 e. The second kappa shape index (κ2) is 9.78. The van der Waals surface area contributed by atoms with Gasteiger partial charge in [0.25, 0.3) is 0 Å². The molecule has 0 radical (unpaired) electrons. The summed E-state index contributed by atoms with van der Waals surface area (Å²) in [5.74, 6) is 1.60. The fourth-order valence-corrected chi connectivity index (χ4v) is 6.04. The van der Waals surface area contributed by atoms with E-state index >= 15 is 0 Å². The van der Waals surface area contributed by atoms with Crippen LogP contribution in [-0.2, 0) is 46.5 Å². The third-order valence-corrected chi connectivity index (χ3v) is 7.21. The molecular weight excluding hydrogens is 450 g/mol. The maximum Gasteiger partial charge on any atom is -0.0509 e. The second-order valence-electron chi connectivity index (χ2n) is 8.57. The van der Waals surface area contributed by atoms with E-state index in [-0.39, 0.29) is 0 Å². The molecule has 1 saturated carbocycles. The maximum absolute atomic E-state index is 4.93. The van der Waals surface area contributed by atoms with Gasteiger partial charge in [-0.15, -0.1) is 0 Å². The van der Waals surface area contributed by atoms with Crippen LogP contribution in [0.25, 0.3) is 0 Å². The summed E-state index contributed by atoms with van der Waals surface area (Å²) in [7, 11) is 9.87. The molecule has 5 rings (SSSR count). The molecule has 27 heavy (non-hydrogen) atoms. The van der Waals surface area contributed by atoms with E-state index in [0.717, 1.165) is 11.8 Å². The van der Waals surface area contributed by atoms with Gasteiger partial charge in [0.1, 0.15) is 0 Å². The Labute approximate surface area is 183 Å². The van der Waals surface area contributed by atoms with Crippen LogP contribution >= 0.6 is 17.0 Å². The van der Waals surface area contributed by atoms with E-state index in [1.54, 1.807) is 33.4 Å². The summed E-state index contributed by atoms with van der Waals surface area (Å²) in [4.78, 5) is 0. The van der Waals surface area contributed by atoms with Gasteiger partial charge in [0.15, 0.2) is 0 Å². The topological polar surface area (TPSA) is 0 Å². The SMILES string of the molecule is [Cl][Zr+2][Cl].c1c[c-](C2CCCCC2[c-]2ccc3c2CCCC3)c2c1CCCC2. The van der Waals surface area contributed by atoms with Crippen molar-refractivity contribution in [3.8, 4) is 0 Å². The fraction of sp³-hybridized carbons (Fsp3) is 0.583. The number of hydrogen-bond donors (Lipinski definition) is 0. The van der Waals surface area contributed by atoms with E-state index < -0.39 is 20.8 Å². The van der Waals surface area contributed by atoms with E-state index in [0.29, 0.717) is 0 Å².